The van der Waals surface area contributed by atoms with E-state index >= 15 is 0 Å². The highest BCUT2D eigenvalue weighted by Gasteiger charge is 2.17. The van der Waals surface area contributed by atoms with Gasteiger partial charge >= 0.3 is 0 Å². The number of amides is 1. The van der Waals surface area contributed by atoms with Crippen LogP contribution in [0.25, 0.3) is 0 Å². The van der Waals surface area contributed by atoms with Crippen LogP contribution in [0.1, 0.15) is 40.7 Å². The van der Waals surface area contributed by atoms with Gasteiger partial charge < -0.3 is 9.73 Å². The number of carbonyl (C=O) groups excluding carboxylic acids is 1. The summed E-state index contributed by atoms with van der Waals surface area (Å²) in [6.07, 6.45) is 0. The van der Waals surface area contributed by atoms with E-state index in [2.05, 4.69) is 15.5 Å². The van der Waals surface area contributed by atoms with Crippen molar-refractivity contribution in [2.24, 2.45) is 0 Å². The van der Waals surface area contributed by atoms with Crippen molar-refractivity contribution in [1.82, 2.24) is 15.5 Å². The summed E-state index contributed by atoms with van der Waals surface area (Å²) in [5.41, 5.74) is 1.12. The summed E-state index contributed by atoms with van der Waals surface area (Å²) < 4.78 is 5.26. The number of nitrogens with one attached hydrogen (secondary N) is 1. The van der Waals surface area contributed by atoms with Crippen LogP contribution in [0.15, 0.2) is 16.5 Å². The topological polar surface area (TPSA) is 68.0 Å². The van der Waals surface area contributed by atoms with Gasteiger partial charge in [0.25, 0.3) is 5.91 Å². The molecule has 5 nitrogen and oxygen atoms in total. The van der Waals surface area contributed by atoms with Crippen LogP contribution in [0.2, 0.25) is 10.0 Å². The molecule has 0 bridgehead atoms. The second-order valence-electron chi connectivity index (χ2n) is 4.42. The Morgan fingerprint density at radius 3 is 2.35 bits per heavy atom. The molecule has 20 heavy (non-hydrogen) atoms. The minimum atomic E-state index is -0.400. The molecule has 0 fully saturated rings. The Balaban J connectivity index is 2.16. The quantitative estimate of drug-likeness (QED) is 0.941. The molecule has 0 aliphatic rings. The van der Waals surface area contributed by atoms with E-state index in [1.165, 1.54) is 0 Å². The third kappa shape index (κ3) is 3.11. The lowest BCUT2D eigenvalue weighted by molar-refractivity contribution is 0.0934. The first-order valence-electron chi connectivity index (χ1n) is 5.95. The van der Waals surface area contributed by atoms with Gasteiger partial charge in [-0.25, -0.2) is 0 Å². The van der Waals surface area contributed by atoms with Crippen LogP contribution in [-0.2, 0) is 0 Å². The molecule has 1 N–H and O–H groups in total. The summed E-state index contributed by atoms with van der Waals surface area (Å²) in [6, 6.07) is 2.75. The number of aryl methyl sites for hydroxylation is 1. The monoisotopic (exact) mass is 313 g/mol. The number of aromatic nitrogens is 2. The third-order valence-corrected chi connectivity index (χ3v) is 3.59. The van der Waals surface area contributed by atoms with Gasteiger partial charge in [-0.1, -0.05) is 23.2 Å². The molecule has 0 saturated heterocycles. The Hall–Kier alpha value is -1.59. The van der Waals surface area contributed by atoms with E-state index in [0.717, 1.165) is 5.56 Å². The highest BCUT2D eigenvalue weighted by Crippen LogP contribution is 2.25. The summed E-state index contributed by atoms with van der Waals surface area (Å²) in [7, 11) is 0. The number of carbonyl (C=O) groups is 1. The summed E-state index contributed by atoms with van der Waals surface area (Å²) >= 11 is 12.0. The third-order valence-electron chi connectivity index (χ3n) is 2.80. The van der Waals surface area contributed by atoms with Gasteiger partial charge in [-0.15, -0.1) is 10.2 Å². The van der Waals surface area contributed by atoms with Gasteiger partial charge in [-0.05, 0) is 31.5 Å². The number of nitrogens with zero attached hydrogens (tertiary/aromatic N) is 2. The molecule has 0 saturated carbocycles. The van der Waals surface area contributed by atoms with Crippen molar-refractivity contribution in [2.75, 3.05) is 0 Å². The average Bonchev–Trinajstić information content (AvgIpc) is 2.82. The van der Waals surface area contributed by atoms with E-state index in [4.69, 9.17) is 27.6 Å². The van der Waals surface area contributed by atoms with Gasteiger partial charge in [-0.3, -0.25) is 4.79 Å². The van der Waals surface area contributed by atoms with Crippen LogP contribution in [-0.4, -0.2) is 16.1 Å². The van der Waals surface area contributed by atoms with Gasteiger partial charge in [-0.2, -0.15) is 0 Å². The van der Waals surface area contributed by atoms with Crippen molar-refractivity contribution in [3.63, 3.8) is 0 Å². The maximum atomic E-state index is 12.1. The van der Waals surface area contributed by atoms with Crippen molar-refractivity contribution >= 4 is 29.1 Å². The molecule has 2 aromatic rings. The minimum absolute atomic E-state index is 0.308. The molecule has 1 aromatic carbocycles. The molecular formula is C13H13Cl2N3O2. The van der Waals surface area contributed by atoms with Crippen molar-refractivity contribution in [3.05, 3.63) is 45.1 Å². The van der Waals surface area contributed by atoms with E-state index < -0.39 is 6.04 Å². The van der Waals surface area contributed by atoms with E-state index in [1.54, 1.807) is 32.9 Å². The minimum Gasteiger partial charge on any atom is -0.423 e. The fraction of sp³-hybridized carbons (Fsp3) is 0.308. The lowest BCUT2D eigenvalue weighted by Gasteiger charge is -2.11. The van der Waals surface area contributed by atoms with E-state index in [9.17, 15) is 4.79 Å². The fourth-order valence-corrected chi connectivity index (χ4v) is 2.09. The molecular weight excluding hydrogens is 301 g/mol. The van der Waals surface area contributed by atoms with Gasteiger partial charge in [0.15, 0.2) is 0 Å². The summed E-state index contributed by atoms with van der Waals surface area (Å²) in [5, 5.41) is 11.2. The molecule has 1 atom stereocenters. The van der Waals surface area contributed by atoms with Gasteiger partial charge in [0.05, 0.1) is 0 Å². The van der Waals surface area contributed by atoms with Crippen molar-refractivity contribution in [1.29, 1.82) is 0 Å². The molecule has 2 rings (SSSR count). The van der Waals surface area contributed by atoms with Crippen LogP contribution >= 0.6 is 23.2 Å². The summed E-state index contributed by atoms with van der Waals surface area (Å²) in [5.74, 6) is 0.486. The standard InChI is InChI=1S/C13H13Cl2N3O2/c1-6-10(14)4-9(5-11(6)15)12(19)16-7(2)13-18-17-8(3)20-13/h4-5,7H,1-3H3,(H,16,19)/t7-/m0/s1. The molecule has 0 spiro atoms. The van der Waals surface area contributed by atoms with Crippen LogP contribution < -0.4 is 5.32 Å². The molecule has 0 aliphatic heterocycles. The Morgan fingerprint density at radius 1 is 1.25 bits per heavy atom. The maximum Gasteiger partial charge on any atom is 0.252 e. The average molecular weight is 314 g/mol. The highest BCUT2D eigenvalue weighted by atomic mass is 35.5. The van der Waals surface area contributed by atoms with Gasteiger partial charge in [0.2, 0.25) is 11.8 Å². The summed E-state index contributed by atoms with van der Waals surface area (Å²) in [4.78, 5) is 12.1. The molecule has 1 amide bonds. The van der Waals surface area contributed by atoms with Crippen molar-refractivity contribution < 1.29 is 9.21 Å². The van der Waals surface area contributed by atoms with Crippen LogP contribution in [0.4, 0.5) is 0 Å². The first kappa shape index (κ1) is 14.8. The maximum absolute atomic E-state index is 12.1. The molecule has 0 aliphatic carbocycles. The van der Waals surface area contributed by atoms with Crippen LogP contribution in [0, 0.1) is 13.8 Å². The summed E-state index contributed by atoms with van der Waals surface area (Å²) in [6.45, 7) is 5.23. The number of rotatable bonds is 3. The molecule has 106 valence electrons. The smallest absolute Gasteiger partial charge is 0.252 e. The first-order chi connectivity index (χ1) is 9.38. The molecule has 7 heteroatoms. The number of hydrogen-bond acceptors (Lipinski definition) is 4. The second kappa shape index (κ2) is 5.81. The zero-order valence-corrected chi connectivity index (χ0v) is 12.7. The van der Waals surface area contributed by atoms with Gasteiger partial charge in [0.1, 0.15) is 6.04 Å². The second-order valence-corrected chi connectivity index (χ2v) is 5.23. The SMILES string of the molecule is Cc1nnc([C@H](C)NC(=O)c2cc(Cl)c(C)c(Cl)c2)o1. The normalized spacial score (nSPS) is 12.2. The molecule has 1 heterocycles. The van der Waals surface area contributed by atoms with E-state index in [1.807, 2.05) is 0 Å². The highest BCUT2D eigenvalue weighted by molar-refractivity contribution is 6.36. The predicted molar refractivity (Wildman–Crippen MR) is 76.1 cm³/mol. The number of hydrogen-bond donors (Lipinski definition) is 1. The zero-order valence-electron chi connectivity index (χ0n) is 11.2. The Labute approximate surface area is 126 Å². The van der Waals surface area contributed by atoms with Crippen molar-refractivity contribution in [3.8, 4) is 0 Å². The largest absolute Gasteiger partial charge is 0.423 e. The first-order valence-corrected chi connectivity index (χ1v) is 6.70. The Bertz CT molecular complexity index is 632. The zero-order chi connectivity index (χ0) is 14.9. The Morgan fingerprint density at radius 2 is 1.85 bits per heavy atom. The van der Waals surface area contributed by atoms with Crippen molar-refractivity contribution in [2.45, 2.75) is 26.8 Å². The lowest BCUT2D eigenvalue weighted by atomic mass is 10.1. The van der Waals surface area contributed by atoms with Gasteiger partial charge in [0, 0.05) is 22.5 Å². The lowest BCUT2D eigenvalue weighted by Crippen LogP contribution is -2.27. The van der Waals surface area contributed by atoms with Crippen LogP contribution in [0.5, 0.6) is 0 Å². The van der Waals surface area contributed by atoms with Crippen LogP contribution in [0.3, 0.4) is 0 Å². The molecule has 0 unspecified atom stereocenters. The molecule has 1 aromatic heterocycles. The number of halogens is 2. The Kier molecular flexibility index (Phi) is 4.30. The fourth-order valence-electron chi connectivity index (χ4n) is 1.60. The van der Waals surface area contributed by atoms with E-state index in [-0.39, 0.29) is 5.91 Å². The predicted octanol–water partition coefficient (Wildman–Crippen LogP) is 3.48. The number of benzene rings is 1. The van der Waals surface area contributed by atoms with E-state index in [0.29, 0.717) is 27.4 Å². The molecule has 0 radical (unpaired) electrons.